The number of aryl methyl sites for hydroxylation is 1. The number of carbonyl (C=O) groups is 1. The maximum absolute atomic E-state index is 12.3. The predicted octanol–water partition coefficient (Wildman–Crippen LogP) is 3.66. The van der Waals surface area contributed by atoms with Gasteiger partial charge in [-0.05, 0) is 38.0 Å². The average molecular weight is 318 g/mol. The summed E-state index contributed by atoms with van der Waals surface area (Å²) < 4.78 is 0. The molecule has 0 bridgehead atoms. The van der Waals surface area contributed by atoms with Crippen LogP contribution in [0.3, 0.4) is 0 Å². The van der Waals surface area contributed by atoms with Crippen LogP contribution in [-0.2, 0) is 4.79 Å². The number of nitrogens with one attached hydrogen (secondary N) is 2. The number of anilines is 1. The van der Waals surface area contributed by atoms with Gasteiger partial charge in [-0.2, -0.15) is 0 Å². The maximum Gasteiger partial charge on any atom is 0.237 e. The second-order valence-electron chi connectivity index (χ2n) is 5.65. The third-order valence-electron chi connectivity index (χ3n) is 3.54. The van der Waals surface area contributed by atoms with Crippen LogP contribution >= 0.6 is 11.8 Å². The Morgan fingerprint density at radius 2 is 2.00 bits per heavy atom. The van der Waals surface area contributed by atoms with Crippen LogP contribution in [0.2, 0.25) is 0 Å². The molecule has 0 saturated heterocycles. The standard InChI is InChI=1S/C16H22N4OS/c1-9(2)14-18-16(20-19-14)22-12(5)15(21)17-13-8-6-7-10(3)11(13)4/h6-9,12H,1-5H3,(H,17,21)(H,18,19,20). The van der Waals surface area contributed by atoms with Crippen molar-refractivity contribution in [3.8, 4) is 0 Å². The van der Waals surface area contributed by atoms with Crippen molar-refractivity contribution in [1.82, 2.24) is 15.2 Å². The van der Waals surface area contributed by atoms with Crippen LogP contribution in [0.25, 0.3) is 0 Å². The Kier molecular flexibility index (Phi) is 5.24. The lowest BCUT2D eigenvalue weighted by atomic mass is 10.1. The molecule has 0 fully saturated rings. The topological polar surface area (TPSA) is 70.7 Å². The lowest BCUT2D eigenvalue weighted by Crippen LogP contribution is -2.23. The molecule has 0 radical (unpaired) electrons. The zero-order valence-electron chi connectivity index (χ0n) is 13.6. The number of benzene rings is 1. The molecule has 1 heterocycles. The fourth-order valence-corrected chi connectivity index (χ4v) is 2.63. The summed E-state index contributed by atoms with van der Waals surface area (Å²) >= 11 is 1.35. The minimum Gasteiger partial charge on any atom is -0.325 e. The van der Waals surface area contributed by atoms with E-state index < -0.39 is 0 Å². The van der Waals surface area contributed by atoms with Gasteiger partial charge in [0.05, 0.1) is 5.25 Å². The van der Waals surface area contributed by atoms with Crippen molar-refractivity contribution in [2.45, 2.75) is 50.9 Å². The molecule has 0 aliphatic rings. The molecule has 0 saturated carbocycles. The molecule has 1 unspecified atom stereocenters. The normalized spacial score (nSPS) is 12.5. The first-order chi connectivity index (χ1) is 10.4. The number of H-pyrrole nitrogens is 1. The number of amides is 1. The molecule has 6 heteroatoms. The molecule has 1 amide bonds. The largest absolute Gasteiger partial charge is 0.325 e. The maximum atomic E-state index is 12.3. The number of rotatable bonds is 5. The Labute approximate surface area is 135 Å². The highest BCUT2D eigenvalue weighted by Gasteiger charge is 2.18. The van der Waals surface area contributed by atoms with Crippen molar-refractivity contribution in [3.63, 3.8) is 0 Å². The van der Waals surface area contributed by atoms with Gasteiger partial charge >= 0.3 is 0 Å². The molecule has 5 nitrogen and oxygen atoms in total. The van der Waals surface area contributed by atoms with Crippen LogP contribution < -0.4 is 5.32 Å². The van der Waals surface area contributed by atoms with E-state index in [1.807, 2.05) is 52.8 Å². The Morgan fingerprint density at radius 1 is 1.27 bits per heavy atom. The van der Waals surface area contributed by atoms with Gasteiger partial charge < -0.3 is 5.32 Å². The van der Waals surface area contributed by atoms with Crippen LogP contribution in [0.1, 0.15) is 43.6 Å². The molecule has 1 aromatic carbocycles. The number of aromatic amines is 1. The van der Waals surface area contributed by atoms with Gasteiger partial charge in [0.1, 0.15) is 5.82 Å². The van der Waals surface area contributed by atoms with E-state index >= 15 is 0 Å². The third-order valence-corrected chi connectivity index (χ3v) is 4.50. The summed E-state index contributed by atoms with van der Waals surface area (Å²) in [7, 11) is 0. The first-order valence-corrected chi connectivity index (χ1v) is 8.22. The van der Waals surface area contributed by atoms with E-state index in [9.17, 15) is 4.79 Å². The van der Waals surface area contributed by atoms with Crippen molar-refractivity contribution in [2.75, 3.05) is 5.32 Å². The highest BCUT2D eigenvalue weighted by molar-refractivity contribution is 8.00. The molecular weight excluding hydrogens is 296 g/mol. The smallest absolute Gasteiger partial charge is 0.237 e. The van der Waals surface area contributed by atoms with Crippen molar-refractivity contribution in [1.29, 1.82) is 0 Å². The highest BCUT2D eigenvalue weighted by atomic mass is 32.2. The van der Waals surface area contributed by atoms with Crippen molar-refractivity contribution in [3.05, 3.63) is 35.2 Å². The number of hydrogen-bond donors (Lipinski definition) is 2. The van der Waals surface area contributed by atoms with E-state index in [4.69, 9.17) is 0 Å². The van der Waals surface area contributed by atoms with Crippen LogP contribution in [0.4, 0.5) is 5.69 Å². The molecule has 22 heavy (non-hydrogen) atoms. The summed E-state index contributed by atoms with van der Waals surface area (Å²) in [4.78, 5) is 16.7. The molecule has 2 rings (SSSR count). The van der Waals surface area contributed by atoms with E-state index in [1.54, 1.807) is 0 Å². The van der Waals surface area contributed by atoms with Crippen LogP contribution in [-0.4, -0.2) is 26.3 Å². The molecule has 2 N–H and O–H groups in total. The second-order valence-corrected chi connectivity index (χ2v) is 6.96. The molecular formula is C16H22N4OS. The van der Waals surface area contributed by atoms with Gasteiger partial charge in [0.2, 0.25) is 11.1 Å². The number of nitrogens with zero attached hydrogens (tertiary/aromatic N) is 2. The third kappa shape index (κ3) is 3.88. The van der Waals surface area contributed by atoms with E-state index in [1.165, 1.54) is 11.8 Å². The van der Waals surface area contributed by atoms with Gasteiger partial charge in [-0.25, -0.2) is 4.98 Å². The van der Waals surface area contributed by atoms with Gasteiger partial charge in [0.25, 0.3) is 0 Å². The van der Waals surface area contributed by atoms with E-state index in [2.05, 4.69) is 20.5 Å². The Hall–Kier alpha value is -1.82. The number of thioether (sulfide) groups is 1. The molecule has 1 aromatic heterocycles. The summed E-state index contributed by atoms with van der Waals surface area (Å²) in [6, 6.07) is 5.89. The highest BCUT2D eigenvalue weighted by Crippen LogP contribution is 2.23. The van der Waals surface area contributed by atoms with Gasteiger partial charge in [0.15, 0.2) is 0 Å². The number of aromatic nitrogens is 3. The van der Waals surface area contributed by atoms with Gasteiger partial charge in [0, 0.05) is 11.6 Å². The van der Waals surface area contributed by atoms with Crippen LogP contribution in [0, 0.1) is 13.8 Å². The molecule has 0 spiro atoms. The van der Waals surface area contributed by atoms with Gasteiger partial charge in [-0.3, -0.25) is 9.89 Å². The average Bonchev–Trinajstić information content (AvgIpc) is 2.92. The van der Waals surface area contributed by atoms with Gasteiger partial charge in [-0.15, -0.1) is 5.10 Å². The molecule has 0 aliphatic carbocycles. The zero-order valence-corrected chi connectivity index (χ0v) is 14.4. The monoisotopic (exact) mass is 318 g/mol. The number of hydrogen-bond acceptors (Lipinski definition) is 4. The number of carbonyl (C=O) groups excluding carboxylic acids is 1. The molecule has 1 atom stereocenters. The fraction of sp³-hybridized carbons (Fsp3) is 0.438. The van der Waals surface area contributed by atoms with Crippen LogP contribution in [0.15, 0.2) is 23.4 Å². The summed E-state index contributed by atoms with van der Waals surface area (Å²) in [6.45, 7) is 9.99. The Bertz CT molecular complexity index is 666. The second kappa shape index (κ2) is 6.96. The lowest BCUT2D eigenvalue weighted by molar-refractivity contribution is -0.115. The minimum absolute atomic E-state index is 0.0467. The zero-order chi connectivity index (χ0) is 16.3. The summed E-state index contributed by atoms with van der Waals surface area (Å²) in [5.41, 5.74) is 3.11. The van der Waals surface area contributed by atoms with E-state index in [0.717, 1.165) is 22.6 Å². The Balaban J connectivity index is 2.01. The summed E-state index contributed by atoms with van der Waals surface area (Å²) in [5.74, 6) is 1.08. The van der Waals surface area contributed by atoms with Crippen molar-refractivity contribution >= 4 is 23.4 Å². The van der Waals surface area contributed by atoms with Crippen molar-refractivity contribution in [2.24, 2.45) is 0 Å². The quantitative estimate of drug-likeness (QED) is 0.825. The van der Waals surface area contributed by atoms with E-state index in [0.29, 0.717) is 11.1 Å². The minimum atomic E-state index is -0.268. The summed E-state index contributed by atoms with van der Waals surface area (Å²) in [6.07, 6.45) is 0. The first-order valence-electron chi connectivity index (χ1n) is 7.34. The SMILES string of the molecule is Cc1cccc(NC(=O)C(C)Sc2n[nH]c(C(C)C)n2)c1C. The van der Waals surface area contributed by atoms with E-state index in [-0.39, 0.29) is 11.2 Å². The lowest BCUT2D eigenvalue weighted by Gasteiger charge is -2.13. The van der Waals surface area contributed by atoms with Crippen molar-refractivity contribution < 1.29 is 4.79 Å². The van der Waals surface area contributed by atoms with Gasteiger partial charge in [-0.1, -0.05) is 37.7 Å². The molecule has 0 aliphatic heterocycles. The fourth-order valence-electron chi connectivity index (χ4n) is 1.90. The summed E-state index contributed by atoms with van der Waals surface area (Å²) in [5, 5.41) is 10.4. The predicted molar refractivity (Wildman–Crippen MR) is 90.3 cm³/mol. The Morgan fingerprint density at radius 3 is 2.64 bits per heavy atom. The molecule has 118 valence electrons. The molecule has 2 aromatic rings. The first kappa shape index (κ1) is 16.5. The van der Waals surface area contributed by atoms with Crippen LogP contribution in [0.5, 0.6) is 0 Å².